The average molecular weight is 183 g/mol. The minimum atomic E-state index is -0.371. The van der Waals surface area contributed by atoms with E-state index in [1.54, 1.807) is 0 Å². The van der Waals surface area contributed by atoms with Crippen LogP contribution in [-0.4, -0.2) is 18.1 Å². The van der Waals surface area contributed by atoms with Crippen molar-refractivity contribution in [2.75, 3.05) is 6.61 Å². The van der Waals surface area contributed by atoms with Gasteiger partial charge in [0.05, 0.1) is 5.60 Å². The molecule has 1 atom stereocenters. The van der Waals surface area contributed by atoms with E-state index in [4.69, 9.17) is 10.5 Å². The summed E-state index contributed by atoms with van der Waals surface area (Å²) in [7, 11) is 0. The van der Waals surface area contributed by atoms with Gasteiger partial charge in [-0.2, -0.15) is 0 Å². The van der Waals surface area contributed by atoms with Crippen LogP contribution < -0.4 is 5.73 Å². The number of carbonyl (C=O) groups excluding carboxylic acids is 1. The van der Waals surface area contributed by atoms with Gasteiger partial charge in [0, 0.05) is 6.61 Å². The van der Waals surface area contributed by atoms with Gasteiger partial charge in [0.25, 0.3) is 0 Å². The molecule has 0 aliphatic carbocycles. The lowest BCUT2D eigenvalue weighted by atomic mass is 9.88. The molecule has 74 valence electrons. The zero-order chi connectivity index (χ0) is 9.90. The Bertz CT molecular complexity index is 221. The minimum absolute atomic E-state index is 0.0646. The van der Waals surface area contributed by atoms with Gasteiger partial charge in [-0.1, -0.05) is 6.08 Å². The zero-order valence-corrected chi connectivity index (χ0v) is 8.25. The van der Waals surface area contributed by atoms with Crippen molar-refractivity contribution in [1.82, 2.24) is 0 Å². The molecule has 3 nitrogen and oxygen atoms in total. The molecule has 1 heterocycles. The number of nitrogens with two attached hydrogens (primary N) is 1. The van der Waals surface area contributed by atoms with Crippen molar-refractivity contribution in [3.63, 3.8) is 0 Å². The molecule has 0 spiro atoms. The van der Waals surface area contributed by atoms with E-state index in [0.717, 1.165) is 19.4 Å². The molecule has 2 N–H and O–H groups in total. The fourth-order valence-electron chi connectivity index (χ4n) is 1.67. The molecule has 0 radical (unpaired) electrons. The number of allylic oxidation sites excluding steroid dienone is 1. The fourth-order valence-corrected chi connectivity index (χ4v) is 1.67. The summed E-state index contributed by atoms with van der Waals surface area (Å²) in [5.74, 6) is 0.0561. The molecule has 3 heteroatoms. The zero-order valence-electron chi connectivity index (χ0n) is 8.25. The predicted octanol–water partition coefficient (Wildman–Crippen LogP) is 1.23. The summed E-state index contributed by atoms with van der Waals surface area (Å²) in [6, 6.07) is 0. The van der Waals surface area contributed by atoms with Crippen LogP contribution in [0.15, 0.2) is 12.2 Å². The highest BCUT2D eigenvalue weighted by Crippen LogP contribution is 2.29. The van der Waals surface area contributed by atoms with E-state index in [1.165, 1.54) is 6.08 Å². The van der Waals surface area contributed by atoms with Crippen LogP contribution in [0.25, 0.3) is 0 Å². The van der Waals surface area contributed by atoms with E-state index in [1.807, 2.05) is 6.08 Å². The van der Waals surface area contributed by atoms with Crippen molar-refractivity contribution >= 4 is 5.91 Å². The van der Waals surface area contributed by atoms with Gasteiger partial charge in [-0.05, 0) is 38.7 Å². The first-order valence-electron chi connectivity index (χ1n) is 4.61. The molecular weight excluding hydrogens is 166 g/mol. The van der Waals surface area contributed by atoms with Crippen molar-refractivity contribution in [2.45, 2.75) is 32.3 Å². The van der Waals surface area contributed by atoms with Gasteiger partial charge in [0.1, 0.15) is 0 Å². The summed E-state index contributed by atoms with van der Waals surface area (Å²) >= 11 is 0. The fraction of sp³-hybridized carbons (Fsp3) is 0.700. The Hall–Kier alpha value is -0.830. The second-order valence-corrected chi connectivity index (χ2v) is 4.12. The summed E-state index contributed by atoms with van der Waals surface area (Å²) in [6.45, 7) is 4.90. The highest BCUT2D eigenvalue weighted by atomic mass is 16.5. The lowest BCUT2D eigenvalue weighted by molar-refractivity contribution is -0.113. The first kappa shape index (κ1) is 10.3. The number of hydrogen-bond donors (Lipinski definition) is 1. The second-order valence-electron chi connectivity index (χ2n) is 4.12. The highest BCUT2D eigenvalue weighted by molar-refractivity contribution is 5.85. The third-order valence-electron chi connectivity index (χ3n) is 2.27. The predicted molar refractivity (Wildman–Crippen MR) is 51.1 cm³/mol. The van der Waals surface area contributed by atoms with Gasteiger partial charge < -0.3 is 10.5 Å². The maximum atomic E-state index is 10.5. The van der Waals surface area contributed by atoms with Crippen LogP contribution in [-0.2, 0) is 9.53 Å². The molecule has 0 aromatic heterocycles. The smallest absolute Gasteiger partial charge is 0.241 e. The lowest BCUT2D eigenvalue weighted by Crippen LogP contribution is -2.33. The van der Waals surface area contributed by atoms with E-state index in [-0.39, 0.29) is 11.5 Å². The Labute approximate surface area is 78.9 Å². The maximum absolute atomic E-state index is 10.5. The van der Waals surface area contributed by atoms with Crippen LogP contribution in [0.1, 0.15) is 26.7 Å². The van der Waals surface area contributed by atoms with Gasteiger partial charge in [0.2, 0.25) is 5.91 Å². The largest absolute Gasteiger partial charge is 0.376 e. The molecule has 1 aliphatic rings. The molecule has 1 rings (SSSR count). The standard InChI is InChI=1S/C10H17NO2/c1-10(2)7-8(5-6-13-10)3-4-9(11)12/h3-4,8H,5-7H2,1-2H3,(H2,11,12)/b4-3-/t8-/m1/s1. The number of hydrogen-bond acceptors (Lipinski definition) is 2. The van der Waals surface area contributed by atoms with Gasteiger partial charge in [-0.15, -0.1) is 0 Å². The Morgan fingerprint density at radius 3 is 2.85 bits per heavy atom. The molecule has 1 saturated heterocycles. The van der Waals surface area contributed by atoms with Gasteiger partial charge in [0.15, 0.2) is 0 Å². The van der Waals surface area contributed by atoms with Crippen molar-refractivity contribution in [3.8, 4) is 0 Å². The molecule has 13 heavy (non-hydrogen) atoms. The van der Waals surface area contributed by atoms with Gasteiger partial charge >= 0.3 is 0 Å². The van der Waals surface area contributed by atoms with Crippen LogP contribution in [0.3, 0.4) is 0 Å². The number of amides is 1. The number of primary amides is 1. The molecule has 0 unspecified atom stereocenters. The number of rotatable bonds is 2. The monoisotopic (exact) mass is 183 g/mol. The van der Waals surface area contributed by atoms with Crippen molar-refractivity contribution in [1.29, 1.82) is 0 Å². The van der Waals surface area contributed by atoms with Crippen LogP contribution in [0.5, 0.6) is 0 Å². The van der Waals surface area contributed by atoms with Gasteiger partial charge in [-0.3, -0.25) is 4.79 Å². The van der Waals surface area contributed by atoms with Crippen molar-refractivity contribution in [2.24, 2.45) is 11.7 Å². The first-order chi connectivity index (χ1) is 5.99. The highest BCUT2D eigenvalue weighted by Gasteiger charge is 2.27. The molecule has 1 fully saturated rings. The molecule has 0 saturated carbocycles. The average Bonchev–Trinajstić information content (AvgIpc) is 1.99. The van der Waals surface area contributed by atoms with Crippen LogP contribution in [0.4, 0.5) is 0 Å². The van der Waals surface area contributed by atoms with E-state index in [9.17, 15) is 4.79 Å². The summed E-state index contributed by atoms with van der Waals surface area (Å²) in [6.07, 6.45) is 5.28. The Morgan fingerprint density at radius 1 is 1.62 bits per heavy atom. The topological polar surface area (TPSA) is 52.3 Å². The van der Waals surface area contributed by atoms with E-state index in [2.05, 4.69) is 13.8 Å². The van der Waals surface area contributed by atoms with E-state index in [0.29, 0.717) is 5.92 Å². The number of carbonyl (C=O) groups is 1. The molecule has 0 bridgehead atoms. The van der Waals surface area contributed by atoms with E-state index < -0.39 is 0 Å². The van der Waals surface area contributed by atoms with Crippen LogP contribution >= 0.6 is 0 Å². The van der Waals surface area contributed by atoms with Crippen molar-refractivity contribution in [3.05, 3.63) is 12.2 Å². The molecule has 1 amide bonds. The van der Waals surface area contributed by atoms with Crippen molar-refractivity contribution < 1.29 is 9.53 Å². The number of ether oxygens (including phenoxy) is 1. The molecule has 1 aliphatic heterocycles. The molecular formula is C10H17NO2. The normalized spacial score (nSPS) is 27.7. The van der Waals surface area contributed by atoms with E-state index >= 15 is 0 Å². The third-order valence-corrected chi connectivity index (χ3v) is 2.27. The Kier molecular flexibility index (Phi) is 3.09. The SMILES string of the molecule is CC1(C)C[C@H](/C=C\C(N)=O)CCO1. The second kappa shape index (κ2) is 3.92. The minimum Gasteiger partial charge on any atom is -0.376 e. The van der Waals surface area contributed by atoms with Crippen LogP contribution in [0.2, 0.25) is 0 Å². The quantitative estimate of drug-likeness (QED) is 0.655. The molecule has 0 aromatic carbocycles. The Balaban J connectivity index is 2.48. The van der Waals surface area contributed by atoms with Gasteiger partial charge in [-0.25, -0.2) is 0 Å². The summed E-state index contributed by atoms with van der Waals surface area (Å²) in [5.41, 5.74) is 4.96. The Morgan fingerprint density at radius 2 is 2.31 bits per heavy atom. The van der Waals surface area contributed by atoms with Crippen LogP contribution in [0, 0.1) is 5.92 Å². The first-order valence-corrected chi connectivity index (χ1v) is 4.61. The lowest BCUT2D eigenvalue weighted by Gasteiger charge is -2.34. The summed E-state index contributed by atoms with van der Waals surface area (Å²) in [5, 5.41) is 0. The molecule has 0 aromatic rings. The maximum Gasteiger partial charge on any atom is 0.241 e. The third kappa shape index (κ3) is 3.59. The summed E-state index contributed by atoms with van der Waals surface area (Å²) < 4.78 is 5.55. The summed E-state index contributed by atoms with van der Waals surface area (Å²) in [4.78, 5) is 10.5.